The van der Waals surface area contributed by atoms with Gasteiger partial charge in [-0.25, -0.2) is 0 Å². The molecular formula is C11H12N2. The zero-order chi connectivity index (χ0) is 9.00. The summed E-state index contributed by atoms with van der Waals surface area (Å²) in [5, 5.41) is 0. The molecule has 3 aliphatic rings. The maximum absolute atomic E-state index is 4.59. The molecule has 0 radical (unpaired) electrons. The first-order valence-corrected chi connectivity index (χ1v) is 4.77. The van der Waals surface area contributed by atoms with Gasteiger partial charge in [-0.1, -0.05) is 0 Å². The van der Waals surface area contributed by atoms with Crippen LogP contribution in [0.4, 0.5) is 0 Å². The predicted molar refractivity (Wildman–Crippen MR) is 54.1 cm³/mol. The second kappa shape index (κ2) is 2.19. The number of fused-ring (bicyclic) bond motifs is 1. The van der Waals surface area contributed by atoms with Crippen molar-refractivity contribution in [1.82, 2.24) is 0 Å². The Bertz CT molecular complexity index is 419. The molecule has 0 aromatic carbocycles. The summed E-state index contributed by atoms with van der Waals surface area (Å²) in [6, 6.07) is 0. The minimum absolute atomic E-state index is 1.03. The van der Waals surface area contributed by atoms with Crippen LogP contribution in [0.3, 0.4) is 0 Å². The standard InChI is InChI=1S/C11H12N2/c1-6-3-8-5-10-9(11(8)13-6)4-7(2)12-10/h3-5H2,1-2H3. The summed E-state index contributed by atoms with van der Waals surface area (Å²) < 4.78 is 0. The quantitative estimate of drug-likeness (QED) is 0.536. The number of hydrogen-bond donors (Lipinski definition) is 0. The van der Waals surface area contributed by atoms with E-state index >= 15 is 0 Å². The monoisotopic (exact) mass is 172 g/mol. The van der Waals surface area contributed by atoms with Crippen molar-refractivity contribution in [3.8, 4) is 0 Å². The van der Waals surface area contributed by atoms with E-state index < -0.39 is 0 Å². The van der Waals surface area contributed by atoms with Crippen molar-refractivity contribution in [2.75, 3.05) is 0 Å². The van der Waals surface area contributed by atoms with Gasteiger partial charge >= 0.3 is 0 Å². The average Bonchev–Trinajstić information content (AvgIpc) is 2.60. The Morgan fingerprint density at radius 1 is 0.923 bits per heavy atom. The summed E-state index contributed by atoms with van der Waals surface area (Å²) in [6.07, 6.45) is 3.17. The summed E-state index contributed by atoms with van der Waals surface area (Å²) in [5.74, 6) is 0. The largest absolute Gasteiger partial charge is 0.261 e. The normalized spacial score (nSPS) is 25.1. The highest BCUT2D eigenvalue weighted by atomic mass is 14.9. The lowest BCUT2D eigenvalue weighted by Gasteiger charge is -1.97. The number of nitrogens with zero attached hydrogens (tertiary/aromatic N) is 2. The van der Waals surface area contributed by atoms with Crippen molar-refractivity contribution >= 4 is 11.4 Å². The van der Waals surface area contributed by atoms with Crippen molar-refractivity contribution in [2.45, 2.75) is 33.1 Å². The fourth-order valence-electron chi connectivity index (χ4n) is 2.39. The van der Waals surface area contributed by atoms with Gasteiger partial charge in [0, 0.05) is 36.3 Å². The Morgan fingerprint density at radius 3 is 2.54 bits per heavy atom. The molecule has 0 saturated carbocycles. The lowest BCUT2D eigenvalue weighted by Crippen LogP contribution is -1.89. The molecular weight excluding hydrogens is 160 g/mol. The van der Waals surface area contributed by atoms with Gasteiger partial charge in [0.05, 0.1) is 11.4 Å². The van der Waals surface area contributed by atoms with Gasteiger partial charge in [-0.2, -0.15) is 0 Å². The van der Waals surface area contributed by atoms with E-state index in [1.165, 1.54) is 34.0 Å². The lowest BCUT2D eigenvalue weighted by atomic mass is 10.1. The van der Waals surface area contributed by atoms with E-state index in [9.17, 15) is 0 Å². The van der Waals surface area contributed by atoms with Crippen LogP contribution in [-0.2, 0) is 0 Å². The highest BCUT2D eigenvalue weighted by Crippen LogP contribution is 2.43. The number of rotatable bonds is 0. The van der Waals surface area contributed by atoms with Gasteiger partial charge in [0.1, 0.15) is 0 Å². The molecule has 2 heterocycles. The van der Waals surface area contributed by atoms with Gasteiger partial charge in [-0.3, -0.25) is 9.98 Å². The van der Waals surface area contributed by atoms with E-state index in [1.54, 1.807) is 0 Å². The van der Waals surface area contributed by atoms with Gasteiger partial charge < -0.3 is 0 Å². The number of allylic oxidation sites excluding steroid dienone is 2. The molecule has 0 N–H and O–H groups in total. The van der Waals surface area contributed by atoms with E-state index in [0.29, 0.717) is 0 Å². The summed E-state index contributed by atoms with van der Waals surface area (Å²) in [5.41, 5.74) is 7.98. The number of aliphatic imine (C=N–C) groups is 2. The molecule has 0 bridgehead atoms. The Hall–Kier alpha value is -1.18. The van der Waals surface area contributed by atoms with Crippen molar-refractivity contribution in [1.29, 1.82) is 0 Å². The Balaban J connectivity index is 2.02. The van der Waals surface area contributed by atoms with Crippen LogP contribution in [0.2, 0.25) is 0 Å². The predicted octanol–water partition coefficient (Wildman–Crippen LogP) is 2.63. The molecule has 2 nitrogen and oxygen atoms in total. The van der Waals surface area contributed by atoms with Crippen LogP contribution in [0.5, 0.6) is 0 Å². The smallest absolute Gasteiger partial charge is 0.0682 e. The second-order valence-corrected chi connectivity index (χ2v) is 4.10. The Kier molecular flexibility index (Phi) is 1.22. The average molecular weight is 172 g/mol. The Labute approximate surface area is 77.8 Å². The molecule has 0 saturated heterocycles. The van der Waals surface area contributed by atoms with Crippen molar-refractivity contribution in [3.05, 3.63) is 22.5 Å². The molecule has 13 heavy (non-hydrogen) atoms. The zero-order valence-corrected chi connectivity index (χ0v) is 8.02. The minimum atomic E-state index is 1.03. The fourth-order valence-corrected chi connectivity index (χ4v) is 2.39. The first-order valence-electron chi connectivity index (χ1n) is 4.77. The molecule has 2 heteroatoms. The van der Waals surface area contributed by atoms with Crippen molar-refractivity contribution < 1.29 is 0 Å². The van der Waals surface area contributed by atoms with E-state index in [0.717, 1.165) is 19.3 Å². The molecule has 0 atom stereocenters. The summed E-state index contributed by atoms with van der Waals surface area (Å²) in [6.45, 7) is 4.21. The van der Waals surface area contributed by atoms with E-state index in [1.807, 2.05) is 0 Å². The highest BCUT2D eigenvalue weighted by Gasteiger charge is 2.30. The Morgan fingerprint density at radius 2 is 1.69 bits per heavy atom. The van der Waals surface area contributed by atoms with Crippen LogP contribution in [0, 0.1) is 0 Å². The van der Waals surface area contributed by atoms with Crippen molar-refractivity contribution in [3.63, 3.8) is 0 Å². The third kappa shape index (κ3) is 0.886. The second-order valence-electron chi connectivity index (χ2n) is 4.10. The molecule has 0 aromatic rings. The maximum Gasteiger partial charge on any atom is 0.0682 e. The van der Waals surface area contributed by atoms with Gasteiger partial charge in [0.25, 0.3) is 0 Å². The molecule has 3 rings (SSSR count). The van der Waals surface area contributed by atoms with Gasteiger partial charge in [0.15, 0.2) is 0 Å². The van der Waals surface area contributed by atoms with E-state index in [-0.39, 0.29) is 0 Å². The number of hydrogen-bond acceptors (Lipinski definition) is 2. The molecule has 0 unspecified atom stereocenters. The van der Waals surface area contributed by atoms with Crippen molar-refractivity contribution in [2.24, 2.45) is 9.98 Å². The van der Waals surface area contributed by atoms with Crippen LogP contribution in [0.25, 0.3) is 0 Å². The topological polar surface area (TPSA) is 24.7 Å². The van der Waals surface area contributed by atoms with E-state index in [2.05, 4.69) is 23.8 Å². The fraction of sp³-hybridized carbons (Fsp3) is 0.455. The van der Waals surface area contributed by atoms with Gasteiger partial charge in [-0.15, -0.1) is 0 Å². The molecule has 0 aromatic heterocycles. The highest BCUT2D eigenvalue weighted by molar-refractivity contribution is 5.94. The lowest BCUT2D eigenvalue weighted by molar-refractivity contribution is 1.09. The van der Waals surface area contributed by atoms with Crippen LogP contribution >= 0.6 is 0 Å². The SMILES string of the molecule is CC1=NC2=C(C1)C1=C(CC(C)=N1)C2. The summed E-state index contributed by atoms with van der Waals surface area (Å²) >= 11 is 0. The van der Waals surface area contributed by atoms with Crippen LogP contribution in [0.15, 0.2) is 32.5 Å². The van der Waals surface area contributed by atoms with Crippen LogP contribution < -0.4 is 0 Å². The third-order valence-corrected chi connectivity index (χ3v) is 2.88. The summed E-state index contributed by atoms with van der Waals surface area (Å²) in [4.78, 5) is 9.14. The van der Waals surface area contributed by atoms with Crippen LogP contribution in [0.1, 0.15) is 33.1 Å². The zero-order valence-electron chi connectivity index (χ0n) is 8.02. The molecule has 2 aliphatic heterocycles. The molecule has 66 valence electrons. The first kappa shape index (κ1) is 7.25. The molecule has 1 aliphatic carbocycles. The van der Waals surface area contributed by atoms with Gasteiger partial charge in [0.2, 0.25) is 0 Å². The molecule has 0 amide bonds. The summed E-state index contributed by atoms with van der Waals surface area (Å²) in [7, 11) is 0. The maximum atomic E-state index is 4.59. The van der Waals surface area contributed by atoms with E-state index in [4.69, 9.17) is 0 Å². The molecule has 0 fully saturated rings. The minimum Gasteiger partial charge on any atom is -0.261 e. The first-order chi connectivity index (χ1) is 6.24. The van der Waals surface area contributed by atoms with Crippen LogP contribution in [-0.4, -0.2) is 11.4 Å². The molecule has 0 spiro atoms. The third-order valence-electron chi connectivity index (χ3n) is 2.88. The van der Waals surface area contributed by atoms with Gasteiger partial charge in [-0.05, 0) is 19.4 Å².